The molecule has 1 amide bonds. The van der Waals surface area contributed by atoms with E-state index in [1.54, 1.807) is 20.8 Å². The molecule has 1 aromatic rings. The number of ether oxygens (including phenoxy) is 1. The quantitative estimate of drug-likeness (QED) is 0.746. The van der Waals surface area contributed by atoms with Gasteiger partial charge in [-0.3, -0.25) is 4.79 Å². The van der Waals surface area contributed by atoms with Crippen LogP contribution in [0.25, 0.3) is 0 Å². The van der Waals surface area contributed by atoms with Gasteiger partial charge in [-0.15, -0.1) is 0 Å². The van der Waals surface area contributed by atoms with Crippen molar-refractivity contribution < 1.29 is 22.7 Å². The highest BCUT2D eigenvalue weighted by Crippen LogP contribution is 2.22. The van der Waals surface area contributed by atoms with Crippen LogP contribution in [-0.2, 0) is 19.6 Å². The first-order chi connectivity index (χ1) is 10.6. The minimum absolute atomic E-state index is 0.0439. The summed E-state index contributed by atoms with van der Waals surface area (Å²) in [5, 5.41) is 0. The number of hydrogen-bond donors (Lipinski definition) is 1. The van der Waals surface area contributed by atoms with E-state index in [-0.39, 0.29) is 10.5 Å². The lowest BCUT2D eigenvalue weighted by molar-refractivity contribution is -0.125. The molecule has 2 N–H and O–H groups in total. The second-order valence-electron chi connectivity index (χ2n) is 5.02. The Bertz CT molecular complexity index is 696. The van der Waals surface area contributed by atoms with E-state index in [1.807, 2.05) is 0 Å². The van der Waals surface area contributed by atoms with E-state index in [2.05, 4.69) is 0 Å². The average molecular weight is 342 g/mol. The summed E-state index contributed by atoms with van der Waals surface area (Å²) in [4.78, 5) is 23.0. The third kappa shape index (κ3) is 4.29. The van der Waals surface area contributed by atoms with E-state index >= 15 is 0 Å². The van der Waals surface area contributed by atoms with E-state index in [1.165, 1.54) is 29.4 Å². The fraction of sp³-hybridized carbons (Fsp3) is 0.467. The van der Waals surface area contributed by atoms with Crippen molar-refractivity contribution in [3.05, 3.63) is 29.3 Å². The van der Waals surface area contributed by atoms with Crippen molar-refractivity contribution in [2.75, 3.05) is 13.1 Å². The Morgan fingerprint density at radius 3 is 2.30 bits per heavy atom. The Hall–Kier alpha value is -1.93. The van der Waals surface area contributed by atoms with Crippen LogP contribution in [-0.4, -0.2) is 43.8 Å². The molecule has 1 rings (SSSR count). The molecule has 0 bridgehead atoms. The van der Waals surface area contributed by atoms with E-state index in [4.69, 9.17) is 10.5 Å². The van der Waals surface area contributed by atoms with E-state index in [9.17, 15) is 18.0 Å². The van der Waals surface area contributed by atoms with Gasteiger partial charge in [-0.1, -0.05) is 19.9 Å². The van der Waals surface area contributed by atoms with Crippen LogP contribution in [0.15, 0.2) is 23.1 Å². The van der Waals surface area contributed by atoms with Crippen LogP contribution in [0.4, 0.5) is 0 Å². The maximum absolute atomic E-state index is 12.6. The number of hydrogen-bond acceptors (Lipinski definition) is 5. The number of benzene rings is 1. The SMILES string of the molecule is CCN(CC)S(=O)(=O)c1cc(C(=O)O[C@@H](C)C(N)=O)ccc1C. The first-order valence-corrected chi connectivity index (χ1v) is 8.70. The molecular formula is C15H22N2O5S. The lowest BCUT2D eigenvalue weighted by atomic mass is 10.1. The zero-order valence-electron chi connectivity index (χ0n) is 13.7. The second-order valence-corrected chi connectivity index (χ2v) is 6.93. The number of esters is 1. The van der Waals surface area contributed by atoms with Crippen LogP contribution in [0.1, 0.15) is 36.7 Å². The van der Waals surface area contributed by atoms with Crippen LogP contribution in [0.5, 0.6) is 0 Å². The summed E-state index contributed by atoms with van der Waals surface area (Å²) < 4.78 is 31.4. The minimum Gasteiger partial charge on any atom is -0.449 e. The summed E-state index contributed by atoms with van der Waals surface area (Å²) in [6.45, 7) is 7.13. The number of carbonyl (C=O) groups excluding carboxylic acids is 2. The molecule has 0 aliphatic carbocycles. The van der Waals surface area contributed by atoms with Crippen molar-refractivity contribution in [1.82, 2.24) is 4.31 Å². The number of nitrogens with zero attached hydrogens (tertiary/aromatic N) is 1. The first-order valence-electron chi connectivity index (χ1n) is 7.26. The average Bonchev–Trinajstić information content (AvgIpc) is 2.48. The van der Waals surface area contributed by atoms with Crippen LogP contribution in [0.2, 0.25) is 0 Å². The largest absolute Gasteiger partial charge is 0.449 e. The topological polar surface area (TPSA) is 107 Å². The summed E-state index contributed by atoms with van der Waals surface area (Å²) in [6, 6.07) is 4.24. The van der Waals surface area contributed by atoms with Crippen LogP contribution < -0.4 is 5.73 Å². The van der Waals surface area contributed by atoms with Crippen molar-refractivity contribution >= 4 is 21.9 Å². The van der Waals surface area contributed by atoms with Crippen molar-refractivity contribution in [2.24, 2.45) is 5.73 Å². The molecule has 0 aromatic heterocycles. The number of amides is 1. The molecule has 0 saturated heterocycles. The third-order valence-electron chi connectivity index (χ3n) is 3.43. The Labute approximate surface area is 136 Å². The van der Waals surface area contributed by atoms with Gasteiger partial charge in [-0.05, 0) is 31.5 Å². The van der Waals surface area contributed by atoms with Gasteiger partial charge in [0, 0.05) is 13.1 Å². The Kier molecular flexibility index (Phi) is 6.28. The van der Waals surface area contributed by atoms with Crippen molar-refractivity contribution in [3.8, 4) is 0 Å². The van der Waals surface area contributed by atoms with Gasteiger partial charge in [0.25, 0.3) is 5.91 Å². The molecule has 0 spiro atoms. The number of nitrogens with two attached hydrogens (primary N) is 1. The fourth-order valence-electron chi connectivity index (χ4n) is 1.99. The van der Waals surface area contributed by atoms with Crippen LogP contribution >= 0.6 is 0 Å². The molecule has 0 aliphatic rings. The molecule has 8 heteroatoms. The van der Waals surface area contributed by atoms with Gasteiger partial charge in [-0.25, -0.2) is 13.2 Å². The fourth-order valence-corrected chi connectivity index (χ4v) is 3.70. The molecule has 128 valence electrons. The molecule has 7 nitrogen and oxygen atoms in total. The van der Waals surface area contributed by atoms with Crippen LogP contribution in [0, 0.1) is 6.92 Å². The van der Waals surface area contributed by atoms with Gasteiger partial charge in [0.1, 0.15) is 0 Å². The molecule has 0 radical (unpaired) electrons. The molecule has 23 heavy (non-hydrogen) atoms. The molecule has 0 saturated carbocycles. The van der Waals surface area contributed by atoms with E-state index < -0.39 is 28.0 Å². The van der Waals surface area contributed by atoms with Crippen LogP contribution in [0.3, 0.4) is 0 Å². The molecular weight excluding hydrogens is 320 g/mol. The predicted molar refractivity (Wildman–Crippen MR) is 85.4 cm³/mol. The Morgan fingerprint density at radius 1 is 1.26 bits per heavy atom. The summed E-state index contributed by atoms with van der Waals surface area (Å²) in [5.41, 5.74) is 5.62. The molecule has 1 aromatic carbocycles. The lowest BCUT2D eigenvalue weighted by Crippen LogP contribution is -2.32. The molecule has 0 unspecified atom stereocenters. The number of aryl methyl sites for hydroxylation is 1. The van der Waals surface area contributed by atoms with Gasteiger partial charge in [0.15, 0.2) is 6.10 Å². The Balaban J connectivity index is 3.23. The highest BCUT2D eigenvalue weighted by Gasteiger charge is 2.25. The second kappa shape index (κ2) is 7.56. The van der Waals surface area contributed by atoms with Gasteiger partial charge < -0.3 is 10.5 Å². The molecule has 0 fully saturated rings. The number of carbonyl (C=O) groups is 2. The van der Waals surface area contributed by atoms with Gasteiger partial charge in [0.05, 0.1) is 10.5 Å². The molecule has 1 atom stereocenters. The Morgan fingerprint density at radius 2 is 1.83 bits per heavy atom. The maximum atomic E-state index is 12.6. The summed E-state index contributed by atoms with van der Waals surface area (Å²) in [5.74, 6) is -1.58. The molecule has 0 aliphatic heterocycles. The minimum atomic E-state index is -3.70. The smallest absolute Gasteiger partial charge is 0.338 e. The third-order valence-corrected chi connectivity index (χ3v) is 5.62. The van der Waals surface area contributed by atoms with Crippen molar-refractivity contribution in [2.45, 2.75) is 38.7 Å². The number of rotatable bonds is 7. The monoisotopic (exact) mass is 342 g/mol. The van der Waals surface area contributed by atoms with Gasteiger partial charge in [0.2, 0.25) is 10.0 Å². The predicted octanol–water partition coefficient (Wildman–Crippen LogP) is 1.06. The standard InChI is InChI=1S/C15H22N2O5S/c1-5-17(6-2)23(20,21)13-9-12(8-7-10(13)3)15(19)22-11(4)14(16)18/h7-9,11H,5-6H2,1-4H3,(H2,16,18)/t11-/m0/s1. The zero-order valence-corrected chi connectivity index (χ0v) is 14.5. The van der Waals surface area contributed by atoms with Gasteiger partial charge in [-0.2, -0.15) is 4.31 Å². The van der Waals surface area contributed by atoms with Crippen molar-refractivity contribution in [3.63, 3.8) is 0 Å². The number of primary amides is 1. The van der Waals surface area contributed by atoms with E-state index in [0.29, 0.717) is 18.7 Å². The number of sulfonamides is 1. The summed E-state index contributed by atoms with van der Waals surface area (Å²) >= 11 is 0. The zero-order chi connectivity index (χ0) is 17.8. The lowest BCUT2D eigenvalue weighted by Gasteiger charge is -2.20. The highest BCUT2D eigenvalue weighted by atomic mass is 32.2. The van der Waals surface area contributed by atoms with E-state index in [0.717, 1.165) is 0 Å². The summed E-state index contributed by atoms with van der Waals surface area (Å²) in [6.07, 6.45) is -1.09. The maximum Gasteiger partial charge on any atom is 0.338 e. The molecule has 0 heterocycles. The first kappa shape index (κ1) is 19.1. The normalized spacial score (nSPS) is 12.9. The van der Waals surface area contributed by atoms with Crippen molar-refractivity contribution in [1.29, 1.82) is 0 Å². The summed E-state index contributed by atoms with van der Waals surface area (Å²) in [7, 11) is -3.70. The van der Waals surface area contributed by atoms with Gasteiger partial charge >= 0.3 is 5.97 Å². The highest BCUT2D eigenvalue weighted by molar-refractivity contribution is 7.89.